The maximum absolute atomic E-state index is 11.9. The Kier molecular flexibility index (Phi) is 9.63. The van der Waals surface area contributed by atoms with Gasteiger partial charge < -0.3 is 5.73 Å². The van der Waals surface area contributed by atoms with Gasteiger partial charge >= 0.3 is 0 Å². The van der Waals surface area contributed by atoms with E-state index in [1.54, 1.807) is 7.05 Å². The maximum atomic E-state index is 11.9. The van der Waals surface area contributed by atoms with Crippen LogP contribution >= 0.6 is 0 Å². The molecule has 0 aromatic carbocycles. The van der Waals surface area contributed by atoms with Gasteiger partial charge in [-0.3, -0.25) is 0 Å². The summed E-state index contributed by atoms with van der Waals surface area (Å²) in [5.41, 5.74) is 5.37. The van der Waals surface area contributed by atoms with Crippen molar-refractivity contribution in [2.75, 3.05) is 20.1 Å². The Balaban J connectivity index is 3.99. The minimum atomic E-state index is -3.35. The number of rotatable bonds is 11. The van der Waals surface area contributed by atoms with E-state index >= 15 is 0 Å². The van der Waals surface area contributed by atoms with Crippen LogP contribution < -0.4 is 10.5 Å². The average Bonchev–Trinajstić information content (AvgIpc) is 2.31. The van der Waals surface area contributed by atoms with Gasteiger partial charge in [0.1, 0.15) is 0 Å². The molecule has 0 radical (unpaired) electrons. The third-order valence-electron chi connectivity index (χ3n) is 2.93. The van der Waals surface area contributed by atoms with Gasteiger partial charge in [0.25, 0.3) is 10.2 Å². The van der Waals surface area contributed by atoms with Crippen LogP contribution in [0.25, 0.3) is 0 Å². The average molecular weight is 279 g/mol. The fraction of sp³-hybridized carbons (Fsp3) is 1.00. The van der Waals surface area contributed by atoms with Crippen LogP contribution in [-0.2, 0) is 10.2 Å². The summed E-state index contributed by atoms with van der Waals surface area (Å²) in [5.74, 6) is 0. The number of nitrogens with one attached hydrogen (secondary N) is 1. The molecule has 0 fully saturated rings. The monoisotopic (exact) mass is 279 g/mol. The van der Waals surface area contributed by atoms with Crippen molar-refractivity contribution in [3.63, 3.8) is 0 Å². The van der Waals surface area contributed by atoms with E-state index in [9.17, 15) is 8.42 Å². The summed E-state index contributed by atoms with van der Waals surface area (Å²) in [5, 5.41) is 0. The molecule has 1 atom stereocenters. The van der Waals surface area contributed by atoms with E-state index in [2.05, 4.69) is 11.6 Å². The molecule has 1 unspecified atom stereocenters. The van der Waals surface area contributed by atoms with Crippen molar-refractivity contribution in [2.24, 2.45) is 5.73 Å². The van der Waals surface area contributed by atoms with Gasteiger partial charge in [0.2, 0.25) is 0 Å². The summed E-state index contributed by atoms with van der Waals surface area (Å²) in [6, 6.07) is -0.00724. The van der Waals surface area contributed by atoms with Crippen molar-refractivity contribution >= 4 is 10.2 Å². The summed E-state index contributed by atoms with van der Waals surface area (Å²) in [4.78, 5) is 0. The van der Waals surface area contributed by atoms with Crippen LogP contribution in [0, 0.1) is 0 Å². The molecular weight excluding hydrogens is 250 g/mol. The fourth-order valence-electron chi connectivity index (χ4n) is 1.71. The summed E-state index contributed by atoms with van der Waals surface area (Å²) < 4.78 is 27.9. The van der Waals surface area contributed by atoms with Gasteiger partial charge in [-0.15, -0.1) is 0 Å². The van der Waals surface area contributed by atoms with Crippen LogP contribution in [0.2, 0.25) is 0 Å². The first-order valence-corrected chi connectivity index (χ1v) is 8.31. The van der Waals surface area contributed by atoms with Gasteiger partial charge in [0.15, 0.2) is 0 Å². The van der Waals surface area contributed by atoms with Gasteiger partial charge in [-0.2, -0.15) is 17.4 Å². The molecule has 18 heavy (non-hydrogen) atoms. The van der Waals surface area contributed by atoms with E-state index in [0.29, 0.717) is 19.5 Å². The Labute approximate surface area is 112 Å². The second-order valence-electron chi connectivity index (χ2n) is 4.84. The third-order valence-corrected chi connectivity index (χ3v) is 4.63. The molecule has 0 aliphatic rings. The Bertz CT molecular complexity index is 294. The third kappa shape index (κ3) is 8.02. The molecule has 0 aliphatic heterocycles. The lowest BCUT2D eigenvalue weighted by atomic mass is 10.1. The number of nitrogens with zero attached hydrogens (tertiary/aromatic N) is 1. The maximum Gasteiger partial charge on any atom is 0.279 e. The van der Waals surface area contributed by atoms with Gasteiger partial charge in [-0.05, 0) is 26.3 Å². The highest BCUT2D eigenvalue weighted by atomic mass is 32.2. The van der Waals surface area contributed by atoms with Crippen molar-refractivity contribution in [3.8, 4) is 0 Å². The molecule has 0 spiro atoms. The first kappa shape index (κ1) is 17.8. The van der Waals surface area contributed by atoms with Crippen LogP contribution in [0.5, 0.6) is 0 Å². The predicted molar refractivity (Wildman–Crippen MR) is 76.6 cm³/mol. The van der Waals surface area contributed by atoms with Crippen LogP contribution in [0.3, 0.4) is 0 Å². The SMILES string of the molecule is CCCCCCC(C)NS(=O)(=O)N(C)CCCN. The first-order chi connectivity index (χ1) is 8.44. The van der Waals surface area contributed by atoms with Crippen molar-refractivity contribution in [2.45, 2.75) is 58.4 Å². The molecule has 0 aromatic rings. The highest BCUT2D eigenvalue weighted by Gasteiger charge is 2.19. The Morgan fingerprint density at radius 2 is 1.89 bits per heavy atom. The van der Waals surface area contributed by atoms with E-state index in [0.717, 1.165) is 12.8 Å². The van der Waals surface area contributed by atoms with E-state index in [1.807, 2.05) is 6.92 Å². The second kappa shape index (κ2) is 9.72. The lowest BCUT2D eigenvalue weighted by Gasteiger charge is -2.20. The second-order valence-corrected chi connectivity index (χ2v) is 6.65. The molecule has 5 nitrogen and oxygen atoms in total. The number of hydrogen-bond acceptors (Lipinski definition) is 3. The van der Waals surface area contributed by atoms with Crippen molar-refractivity contribution in [3.05, 3.63) is 0 Å². The molecule has 0 aliphatic carbocycles. The van der Waals surface area contributed by atoms with Gasteiger partial charge in [0.05, 0.1) is 0 Å². The van der Waals surface area contributed by atoms with E-state index in [4.69, 9.17) is 5.73 Å². The van der Waals surface area contributed by atoms with E-state index in [-0.39, 0.29) is 6.04 Å². The minimum absolute atomic E-state index is 0.00724. The molecule has 110 valence electrons. The lowest BCUT2D eigenvalue weighted by molar-refractivity contribution is 0.437. The van der Waals surface area contributed by atoms with Gasteiger partial charge in [-0.25, -0.2) is 0 Å². The molecule has 0 heterocycles. The van der Waals surface area contributed by atoms with Crippen LogP contribution in [0.15, 0.2) is 0 Å². The van der Waals surface area contributed by atoms with Gasteiger partial charge in [-0.1, -0.05) is 32.6 Å². The first-order valence-electron chi connectivity index (χ1n) is 6.87. The fourth-order valence-corrected chi connectivity index (χ4v) is 2.89. The van der Waals surface area contributed by atoms with Crippen LogP contribution in [0.1, 0.15) is 52.4 Å². The zero-order chi connectivity index (χ0) is 14.0. The topological polar surface area (TPSA) is 75.4 Å². The molecule has 0 saturated carbocycles. The van der Waals surface area contributed by atoms with E-state index in [1.165, 1.54) is 23.6 Å². The molecule has 0 aromatic heterocycles. The van der Waals surface area contributed by atoms with Crippen molar-refractivity contribution in [1.82, 2.24) is 9.03 Å². The normalized spacial score (nSPS) is 14.1. The molecule has 0 saturated heterocycles. The highest BCUT2D eigenvalue weighted by Crippen LogP contribution is 2.07. The van der Waals surface area contributed by atoms with Crippen molar-refractivity contribution in [1.29, 1.82) is 0 Å². The molecule has 0 rings (SSSR count). The number of unbranched alkanes of at least 4 members (excludes halogenated alkanes) is 3. The zero-order valence-electron chi connectivity index (χ0n) is 12.0. The van der Waals surface area contributed by atoms with E-state index < -0.39 is 10.2 Å². The molecule has 6 heteroatoms. The van der Waals surface area contributed by atoms with Crippen LogP contribution in [0.4, 0.5) is 0 Å². The standard InChI is InChI=1S/C12H29N3O2S/c1-4-5-6-7-9-12(2)14-18(16,17)15(3)11-8-10-13/h12,14H,4-11,13H2,1-3H3. The summed E-state index contributed by atoms with van der Waals surface area (Å²) >= 11 is 0. The lowest BCUT2D eigenvalue weighted by Crippen LogP contribution is -2.43. The summed E-state index contributed by atoms with van der Waals surface area (Å²) in [6.45, 7) is 5.06. The predicted octanol–water partition coefficient (Wildman–Crippen LogP) is 1.46. The number of nitrogens with two attached hydrogens (primary N) is 1. The molecular formula is C12H29N3O2S. The minimum Gasteiger partial charge on any atom is -0.330 e. The highest BCUT2D eigenvalue weighted by molar-refractivity contribution is 7.87. The van der Waals surface area contributed by atoms with Gasteiger partial charge in [0, 0.05) is 19.6 Å². The largest absolute Gasteiger partial charge is 0.330 e. The van der Waals surface area contributed by atoms with Crippen molar-refractivity contribution < 1.29 is 8.42 Å². The Hall–Kier alpha value is -0.170. The quantitative estimate of drug-likeness (QED) is 0.562. The Morgan fingerprint density at radius 3 is 2.44 bits per heavy atom. The van der Waals surface area contributed by atoms with Crippen LogP contribution in [-0.4, -0.2) is 38.9 Å². The smallest absolute Gasteiger partial charge is 0.279 e. The molecule has 3 N–H and O–H groups in total. The zero-order valence-corrected chi connectivity index (χ0v) is 12.8. The summed E-state index contributed by atoms with van der Waals surface area (Å²) in [6.07, 6.45) is 6.24. The molecule has 0 bridgehead atoms. The number of hydrogen-bond donors (Lipinski definition) is 2. The molecule has 0 amide bonds. The Morgan fingerprint density at radius 1 is 1.22 bits per heavy atom. The summed E-state index contributed by atoms with van der Waals surface area (Å²) in [7, 11) is -1.76.